The number of benzene rings is 2. The summed E-state index contributed by atoms with van der Waals surface area (Å²) in [7, 11) is 1.80. The number of anilines is 3. The molecule has 1 N–H and O–H groups in total. The van der Waals surface area contributed by atoms with Gasteiger partial charge in [0.1, 0.15) is 0 Å². The summed E-state index contributed by atoms with van der Waals surface area (Å²) in [6.45, 7) is 5.65. The maximum Gasteiger partial charge on any atom is 0.241 e. The SMILES string of the molecule is C[C@@H]1Cc2ccccc2N1C(=O)CN(C)CC(=O)Nc1ccc(N2CCOCC2)cc1. The van der Waals surface area contributed by atoms with Crippen LogP contribution in [0.2, 0.25) is 0 Å². The number of ether oxygens (including phenoxy) is 1. The summed E-state index contributed by atoms with van der Waals surface area (Å²) in [4.78, 5) is 31.2. The van der Waals surface area contributed by atoms with Crippen molar-refractivity contribution in [1.29, 1.82) is 0 Å². The Labute approximate surface area is 183 Å². The van der Waals surface area contributed by atoms with Crippen molar-refractivity contribution in [2.24, 2.45) is 0 Å². The van der Waals surface area contributed by atoms with Crippen molar-refractivity contribution in [2.75, 3.05) is 61.6 Å². The molecule has 0 aliphatic carbocycles. The van der Waals surface area contributed by atoms with E-state index in [0.29, 0.717) is 0 Å². The molecular weight excluding hydrogens is 392 g/mol. The van der Waals surface area contributed by atoms with Gasteiger partial charge in [0.25, 0.3) is 0 Å². The lowest BCUT2D eigenvalue weighted by atomic mass is 10.1. The molecule has 0 spiro atoms. The molecule has 2 aliphatic rings. The molecule has 7 nitrogen and oxygen atoms in total. The molecule has 0 unspecified atom stereocenters. The first kappa shape index (κ1) is 21.3. The number of para-hydroxylation sites is 1. The minimum Gasteiger partial charge on any atom is -0.378 e. The van der Waals surface area contributed by atoms with Crippen molar-refractivity contribution in [3.8, 4) is 0 Å². The van der Waals surface area contributed by atoms with E-state index in [2.05, 4.69) is 23.2 Å². The van der Waals surface area contributed by atoms with Gasteiger partial charge in [-0.15, -0.1) is 0 Å². The van der Waals surface area contributed by atoms with Crippen LogP contribution in [0.25, 0.3) is 0 Å². The Morgan fingerprint density at radius 3 is 2.52 bits per heavy atom. The van der Waals surface area contributed by atoms with Crippen molar-refractivity contribution in [3.63, 3.8) is 0 Å². The van der Waals surface area contributed by atoms with E-state index in [0.717, 1.165) is 49.8 Å². The normalized spacial score (nSPS) is 18.2. The van der Waals surface area contributed by atoms with E-state index in [1.165, 1.54) is 5.56 Å². The molecule has 1 saturated heterocycles. The van der Waals surface area contributed by atoms with Gasteiger partial charge in [0, 0.05) is 36.2 Å². The Bertz CT molecular complexity index is 925. The lowest BCUT2D eigenvalue weighted by molar-refractivity contribution is -0.121. The molecule has 31 heavy (non-hydrogen) atoms. The van der Waals surface area contributed by atoms with E-state index >= 15 is 0 Å². The zero-order chi connectivity index (χ0) is 21.8. The second-order valence-electron chi connectivity index (χ2n) is 8.31. The summed E-state index contributed by atoms with van der Waals surface area (Å²) >= 11 is 0. The number of carbonyl (C=O) groups is 2. The average Bonchev–Trinajstić information content (AvgIpc) is 3.10. The maximum atomic E-state index is 12.9. The van der Waals surface area contributed by atoms with Gasteiger partial charge in [-0.25, -0.2) is 0 Å². The monoisotopic (exact) mass is 422 g/mol. The highest BCUT2D eigenvalue weighted by molar-refractivity contribution is 5.98. The largest absolute Gasteiger partial charge is 0.378 e. The summed E-state index contributed by atoms with van der Waals surface area (Å²) in [6.07, 6.45) is 0.868. The standard InChI is InChI=1S/C24H30N4O3/c1-18-15-19-5-3-4-6-22(19)28(18)24(30)17-26(2)16-23(29)25-20-7-9-21(10-8-20)27-11-13-31-14-12-27/h3-10,18H,11-17H2,1-2H3,(H,25,29)/t18-/m1/s1. The number of hydrogen-bond acceptors (Lipinski definition) is 5. The number of likely N-dealkylation sites (N-methyl/N-ethyl adjacent to an activating group) is 1. The molecule has 164 valence electrons. The van der Waals surface area contributed by atoms with Crippen LogP contribution in [0, 0.1) is 0 Å². The minimum absolute atomic E-state index is 0.0163. The zero-order valence-electron chi connectivity index (χ0n) is 18.2. The molecule has 2 amide bonds. The van der Waals surface area contributed by atoms with Crippen molar-refractivity contribution in [1.82, 2.24) is 4.90 Å². The first-order valence-electron chi connectivity index (χ1n) is 10.8. The highest BCUT2D eigenvalue weighted by Gasteiger charge is 2.30. The molecule has 0 aromatic heterocycles. The van der Waals surface area contributed by atoms with Gasteiger partial charge in [-0.1, -0.05) is 18.2 Å². The molecule has 2 aromatic carbocycles. The Balaban J connectivity index is 1.28. The van der Waals surface area contributed by atoms with Gasteiger partial charge in [-0.05, 0) is 56.3 Å². The second kappa shape index (κ2) is 9.49. The first-order chi connectivity index (χ1) is 15.0. The summed E-state index contributed by atoms with van der Waals surface area (Å²) in [6, 6.07) is 16.0. The van der Waals surface area contributed by atoms with E-state index in [9.17, 15) is 9.59 Å². The predicted molar refractivity (Wildman–Crippen MR) is 123 cm³/mol. The molecule has 0 saturated carbocycles. The van der Waals surface area contributed by atoms with Crippen LogP contribution < -0.4 is 15.1 Å². The highest BCUT2D eigenvalue weighted by Crippen LogP contribution is 2.31. The van der Waals surface area contributed by atoms with Crippen molar-refractivity contribution in [3.05, 3.63) is 54.1 Å². The van der Waals surface area contributed by atoms with Crippen LogP contribution in [0.15, 0.2) is 48.5 Å². The van der Waals surface area contributed by atoms with Crippen molar-refractivity contribution < 1.29 is 14.3 Å². The Morgan fingerprint density at radius 1 is 1.06 bits per heavy atom. The lowest BCUT2D eigenvalue weighted by Crippen LogP contribution is -2.43. The average molecular weight is 423 g/mol. The van der Waals surface area contributed by atoms with Gasteiger partial charge in [0.2, 0.25) is 11.8 Å². The fourth-order valence-corrected chi connectivity index (χ4v) is 4.33. The van der Waals surface area contributed by atoms with E-state index < -0.39 is 0 Å². The zero-order valence-corrected chi connectivity index (χ0v) is 18.2. The number of amides is 2. The fraction of sp³-hybridized carbons (Fsp3) is 0.417. The van der Waals surface area contributed by atoms with Crippen LogP contribution in [0.1, 0.15) is 12.5 Å². The molecule has 4 rings (SSSR count). The van der Waals surface area contributed by atoms with Gasteiger partial charge in [0.15, 0.2) is 0 Å². The number of hydrogen-bond donors (Lipinski definition) is 1. The third-order valence-electron chi connectivity index (χ3n) is 5.82. The van der Waals surface area contributed by atoms with Gasteiger partial charge in [0.05, 0.1) is 26.3 Å². The van der Waals surface area contributed by atoms with Crippen LogP contribution in [0.5, 0.6) is 0 Å². The minimum atomic E-state index is -0.135. The van der Waals surface area contributed by atoms with Crippen LogP contribution in [0.3, 0.4) is 0 Å². The van der Waals surface area contributed by atoms with Gasteiger partial charge in [-0.2, -0.15) is 0 Å². The Morgan fingerprint density at radius 2 is 1.77 bits per heavy atom. The van der Waals surface area contributed by atoms with E-state index in [1.807, 2.05) is 47.4 Å². The smallest absolute Gasteiger partial charge is 0.241 e. The van der Waals surface area contributed by atoms with E-state index in [4.69, 9.17) is 4.74 Å². The predicted octanol–water partition coefficient (Wildman–Crippen LogP) is 2.37. The quantitative estimate of drug-likeness (QED) is 0.774. The number of nitrogens with one attached hydrogen (secondary N) is 1. The van der Waals surface area contributed by atoms with E-state index in [1.54, 1.807) is 11.9 Å². The molecule has 2 aliphatic heterocycles. The Kier molecular flexibility index (Phi) is 6.53. The van der Waals surface area contributed by atoms with Crippen LogP contribution in [0.4, 0.5) is 17.1 Å². The molecule has 0 radical (unpaired) electrons. The van der Waals surface area contributed by atoms with Gasteiger partial charge in [-0.3, -0.25) is 14.5 Å². The molecule has 7 heteroatoms. The number of carbonyl (C=O) groups excluding carboxylic acids is 2. The first-order valence-corrected chi connectivity index (χ1v) is 10.8. The van der Waals surface area contributed by atoms with Crippen LogP contribution >= 0.6 is 0 Å². The summed E-state index contributed by atoms with van der Waals surface area (Å²) in [5.41, 5.74) is 4.07. The summed E-state index contributed by atoms with van der Waals surface area (Å²) in [5.74, 6) is -0.119. The van der Waals surface area contributed by atoms with Crippen molar-refractivity contribution in [2.45, 2.75) is 19.4 Å². The Hall–Kier alpha value is -2.90. The lowest BCUT2D eigenvalue weighted by Gasteiger charge is -2.29. The molecule has 0 bridgehead atoms. The molecule has 2 aromatic rings. The molecule has 2 heterocycles. The van der Waals surface area contributed by atoms with Gasteiger partial charge < -0.3 is 19.9 Å². The highest BCUT2D eigenvalue weighted by atomic mass is 16.5. The van der Waals surface area contributed by atoms with Crippen LogP contribution in [-0.4, -0.2) is 69.2 Å². The number of nitrogens with zero attached hydrogens (tertiary/aromatic N) is 3. The van der Waals surface area contributed by atoms with Crippen LogP contribution in [-0.2, 0) is 20.7 Å². The second-order valence-corrected chi connectivity index (χ2v) is 8.31. The topological polar surface area (TPSA) is 65.1 Å². The molecular formula is C24H30N4O3. The number of fused-ring (bicyclic) bond motifs is 1. The summed E-state index contributed by atoms with van der Waals surface area (Å²) in [5, 5.41) is 2.92. The maximum absolute atomic E-state index is 12.9. The molecule has 1 atom stereocenters. The number of rotatable bonds is 6. The van der Waals surface area contributed by atoms with Crippen molar-refractivity contribution >= 4 is 28.9 Å². The van der Waals surface area contributed by atoms with E-state index in [-0.39, 0.29) is 30.9 Å². The summed E-state index contributed by atoms with van der Waals surface area (Å²) < 4.78 is 5.39. The third-order valence-corrected chi connectivity index (χ3v) is 5.82. The molecule has 1 fully saturated rings. The third kappa shape index (κ3) is 5.06. The fourth-order valence-electron chi connectivity index (χ4n) is 4.33. The van der Waals surface area contributed by atoms with Gasteiger partial charge >= 0.3 is 0 Å². The number of morpholine rings is 1.